The zero-order valence-electron chi connectivity index (χ0n) is 13.1. The molecule has 0 fully saturated rings. The predicted octanol–water partition coefficient (Wildman–Crippen LogP) is 5.36. The quantitative estimate of drug-likeness (QED) is 0.367. The van der Waals surface area contributed by atoms with E-state index in [9.17, 15) is 26.7 Å². The van der Waals surface area contributed by atoms with Crippen molar-refractivity contribution >= 4 is 15.6 Å². The van der Waals surface area contributed by atoms with Crippen molar-refractivity contribution in [2.75, 3.05) is 26.4 Å². The molecule has 0 N–H and O–H groups in total. The lowest BCUT2D eigenvalue weighted by molar-refractivity contribution is 0.119. The summed E-state index contributed by atoms with van der Waals surface area (Å²) in [5, 5.41) is 0. The van der Waals surface area contributed by atoms with Crippen LogP contribution in [-0.2, 0) is 31.5 Å². The maximum atomic E-state index is 12.0. The molecule has 0 saturated carbocycles. The fourth-order valence-corrected chi connectivity index (χ4v) is 4.07. The Hall–Kier alpha value is -0.280. The zero-order chi connectivity index (χ0) is 18.5. The third kappa shape index (κ3) is 12.8. The van der Waals surface area contributed by atoms with E-state index in [0.29, 0.717) is 0 Å². The number of hydrogen-bond acceptors (Lipinski definition) is 7. The van der Waals surface area contributed by atoms with E-state index < -0.39 is 27.8 Å². The summed E-state index contributed by atoms with van der Waals surface area (Å²) < 4.78 is 89.3. The van der Waals surface area contributed by atoms with Gasteiger partial charge in [-0.15, -0.1) is 0 Å². The van der Waals surface area contributed by atoms with Crippen LogP contribution in [0.2, 0.25) is 0 Å². The fraction of sp³-hybridized carbons (Fsp3) is 0.800. The van der Waals surface area contributed by atoms with Gasteiger partial charge in [-0.1, -0.05) is 0 Å². The average molecular weight is 390 g/mol. The highest BCUT2D eigenvalue weighted by molar-refractivity contribution is 7.62. The van der Waals surface area contributed by atoms with Crippen molar-refractivity contribution < 1.29 is 49.1 Å². The Kier molecular flexibility index (Phi) is 14.2. The molecular formula is C10H20F4O7P2. The molecule has 0 heterocycles. The van der Waals surface area contributed by atoms with Crippen LogP contribution < -0.4 is 0 Å². The van der Waals surface area contributed by atoms with Crippen LogP contribution in [0.3, 0.4) is 0 Å². The summed E-state index contributed by atoms with van der Waals surface area (Å²) in [6.45, 7) is 6.82. The fourth-order valence-electron chi connectivity index (χ4n) is 0.924. The van der Waals surface area contributed by atoms with Gasteiger partial charge in [0.2, 0.25) is 0 Å². The van der Waals surface area contributed by atoms with Gasteiger partial charge in [0.25, 0.3) is 0 Å². The minimum atomic E-state index is -3.91. The molecule has 0 aromatic rings. The Morgan fingerprint density at radius 2 is 0.870 bits per heavy atom. The number of phosphoric acid groups is 2. The van der Waals surface area contributed by atoms with E-state index in [0.717, 1.165) is 0 Å². The summed E-state index contributed by atoms with van der Waals surface area (Å²) in [7, 11) is -7.83. The Morgan fingerprint density at radius 3 is 1.00 bits per heavy atom. The lowest BCUT2D eigenvalue weighted by atomic mass is 10.9. The summed E-state index contributed by atoms with van der Waals surface area (Å²) in [4.78, 5) is 0. The molecule has 0 unspecified atom stereocenters. The van der Waals surface area contributed by atoms with Crippen LogP contribution in [0.25, 0.3) is 0 Å². The van der Waals surface area contributed by atoms with Crippen molar-refractivity contribution in [1.82, 2.24) is 0 Å². The second-order valence-electron chi connectivity index (χ2n) is 3.17. The first-order chi connectivity index (χ1) is 10.6. The molecule has 0 aliphatic rings. The minimum Gasteiger partial charge on any atom is -0.287 e. The van der Waals surface area contributed by atoms with E-state index in [2.05, 4.69) is 0 Å². The van der Waals surface area contributed by atoms with Gasteiger partial charge in [0.15, 0.2) is 0 Å². The van der Waals surface area contributed by atoms with Gasteiger partial charge in [0.05, 0.1) is 26.4 Å². The van der Waals surface area contributed by atoms with Crippen LogP contribution in [0.4, 0.5) is 17.6 Å². The summed E-state index contributed by atoms with van der Waals surface area (Å²) in [6.07, 6.45) is -5.81. The van der Waals surface area contributed by atoms with Crippen LogP contribution in [0, 0.1) is 0 Å². The monoisotopic (exact) mass is 390 g/mol. The molecule has 23 heavy (non-hydrogen) atoms. The minimum absolute atomic E-state index is 0.0928. The molecule has 0 spiro atoms. The number of halogens is 4. The average Bonchev–Trinajstić information content (AvgIpc) is 2.39. The molecule has 140 valence electrons. The first kappa shape index (κ1) is 25.0. The first-order valence-electron chi connectivity index (χ1n) is 6.45. The van der Waals surface area contributed by atoms with Crippen molar-refractivity contribution in [3.05, 3.63) is 12.2 Å². The van der Waals surface area contributed by atoms with Gasteiger partial charge in [0, 0.05) is 0 Å². The van der Waals surface area contributed by atoms with Gasteiger partial charge < -0.3 is 0 Å². The number of phosphoric ester groups is 2. The molecule has 0 radical (unpaired) electrons. The summed E-state index contributed by atoms with van der Waals surface area (Å²) in [5.74, 6) is 0. The van der Waals surface area contributed by atoms with Crippen LogP contribution in [-0.4, -0.2) is 26.4 Å². The molecule has 0 aromatic carbocycles. The molecular weight excluding hydrogens is 370 g/mol. The van der Waals surface area contributed by atoms with Crippen molar-refractivity contribution in [2.24, 2.45) is 0 Å². The predicted molar refractivity (Wildman–Crippen MR) is 74.3 cm³/mol. The van der Waals surface area contributed by atoms with Gasteiger partial charge in [-0.05, 0) is 27.7 Å². The van der Waals surface area contributed by atoms with E-state index in [1.165, 1.54) is 0 Å². The highest BCUT2D eigenvalue weighted by atomic mass is 31.3. The molecule has 0 aliphatic heterocycles. The molecule has 0 amide bonds. The maximum Gasteiger partial charge on any atom is 0.483 e. The Bertz CT molecular complexity index is 381. The van der Waals surface area contributed by atoms with Crippen molar-refractivity contribution in [3.8, 4) is 0 Å². The smallest absolute Gasteiger partial charge is 0.287 e. The van der Waals surface area contributed by atoms with E-state index in [4.69, 9.17) is 22.4 Å². The molecule has 0 rings (SSSR count). The molecule has 0 atom stereocenters. The van der Waals surface area contributed by atoms with Gasteiger partial charge in [-0.3, -0.25) is 18.1 Å². The second-order valence-corrected chi connectivity index (χ2v) is 6.64. The third-order valence-corrected chi connectivity index (χ3v) is 5.39. The Morgan fingerprint density at radius 1 is 0.652 bits per heavy atom. The van der Waals surface area contributed by atoms with Gasteiger partial charge >= 0.3 is 27.8 Å². The standard InChI is InChI=1S/C8H20O7P2.C2F4/c1-5-11-16(9,12-6-2)15-17(10,13-7-3)14-8-4;3-1(4)2(5)6/h5-8H2,1-4H3;. The summed E-state index contributed by atoms with van der Waals surface area (Å²) in [5.41, 5.74) is 0. The van der Waals surface area contributed by atoms with Crippen LogP contribution >= 0.6 is 15.6 Å². The lowest BCUT2D eigenvalue weighted by Gasteiger charge is -2.21. The zero-order valence-corrected chi connectivity index (χ0v) is 14.9. The number of hydrogen-bond donors (Lipinski definition) is 0. The van der Waals surface area contributed by atoms with Crippen molar-refractivity contribution in [2.45, 2.75) is 27.7 Å². The van der Waals surface area contributed by atoms with E-state index in [-0.39, 0.29) is 26.4 Å². The summed E-state index contributed by atoms with van der Waals surface area (Å²) >= 11 is 0. The molecule has 13 heteroatoms. The van der Waals surface area contributed by atoms with Crippen LogP contribution in [0.5, 0.6) is 0 Å². The molecule has 0 aliphatic carbocycles. The van der Waals surface area contributed by atoms with Crippen LogP contribution in [0.1, 0.15) is 27.7 Å². The normalized spacial score (nSPS) is 11.7. The van der Waals surface area contributed by atoms with Gasteiger partial charge in [0.1, 0.15) is 0 Å². The largest absolute Gasteiger partial charge is 0.483 e. The summed E-state index contributed by atoms with van der Waals surface area (Å²) in [6, 6.07) is 0. The topological polar surface area (TPSA) is 80.3 Å². The highest BCUT2D eigenvalue weighted by Crippen LogP contribution is 2.65. The Labute approximate surface area is 132 Å². The maximum absolute atomic E-state index is 12.0. The van der Waals surface area contributed by atoms with E-state index in [1.54, 1.807) is 27.7 Å². The van der Waals surface area contributed by atoms with Gasteiger partial charge in [-0.2, -0.15) is 21.9 Å². The van der Waals surface area contributed by atoms with Gasteiger partial charge in [-0.25, -0.2) is 9.13 Å². The molecule has 0 aromatic heterocycles. The molecule has 0 saturated heterocycles. The third-order valence-electron chi connectivity index (χ3n) is 1.49. The van der Waals surface area contributed by atoms with E-state index in [1.807, 2.05) is 0 Å². The molecule has 0 bridgehead atoms. The second kappa shape index (κ2) is 13.1. The first-order valence-corrected chi connectivity index (χ1v) is 9.37. The van der Waals surface area contributed by atoms with Crippen LogP contribution in [0.15, 0.2) is 12.2 Å². The number of rotatable bonds is 10. The van der Waals surface area contributed by atoms with Crippen molar-refractivity contribution in [3.63, 3.8) is 0 Å². The highest BCUT2D eigenvalue weighted by Gasteiger charge is 2.39. The lowest BCUT2D eigenvalue weighted by Crippen LogP contribution is -2.03. The SMILES string of the molecule is CCOP(=O)(OCC)OP(=O)(OCC)OCC.FC(F)=C(F)F. The van der Waals surface area contributed by atoms with Crippen molar-refractivity contribution in [1.29, 1.82) is 0 Å². The molecule has 7 nitrogen and oxygen atoms in total. The van der Waals surface area contributed by atoms with E-state index >= 15 is 0 Å². The Balaban J connectivity index is 0.